The Kier molecular flexibility index (Phi) is 4.46. The van der Waals surface area contributed by atoms with E-state index in [2.05, 4.69) is 34.9 Å². The molecule has 1 atom stereocenters. The van der Waals surface area contributed by atoms with Crippen molar-refractivity contribution in [1.82, 2.24) is 15.5 Å². The predicted octanol–water partition coefficient (Wildman–Crippen LogP) is 2.40. The molecule has 1 unspecified atom stereocenters. The zero-order valence-electron chi connectivity index (χ0n) is 14.2. The van der Waals surface area contributed by atoms with E-state index < -0.39 is 0 Å². The van der Waals surface area contributed by atoms with E-state index in [4.69, 9.17) is 4.74 Å². The predicted molar refractivity (Wildman–Crippen MR) is 92.6 cm³/mol. The molecule has 2 N–H and O–H groups in total. The van der Waals surface area contributed by atoms with Crippen molar-refractivity contribution in [2.24, 2.45) is 0 Å². The second-order valence-corrected chi connectivity index (χ2v) is 7.31. The molecule has 0 radical (unpaired) electrons. The molecule has 1 aliphatic carbocycles. The third-order valence-corrected chi connectivity index (χ3v) is 5.78. The van der Waals surface area contributed by atoms with E-state index in [9.17, 15) is 4.79 Å². The van der Waals surface area contributed by atoms with Crippen LogP contribution in [0, 0.1) is 0 Å². The number of hydrogen-bond donors (Lipinski definition) is 2. The molecule has 2 heterocycles. The van der Waals surface area contributed by atoms with E-state index in [0.29, 0.717) is 12.6 Å². The lowest BCUT2D eigenvalue weighted by Gasteiger charge is -2.30. The normalized spacial score (nSPS) is 25.6. The fourth-order valence-electron chi connectivity index (χ4n) is 4.38. The van der Waals surface area contributed by atoms with Crippen LogP contribution in [-0.2, 0) is 17.8 Å². The summed E-state index contributed by atoms with van der Waals surface area (Å²) in [4.78, 5) is 13.5. The van der Waals surface area contributed by atoms with Gasteiger partial charge in [0.2, 0.25) is 0 Å². The quantitative estimate of drug-likeness (QED) is 0.872. The number of benzene rings is 1. The molecule has 1 spiro atoms. The second kappa shape index (κ2) is 6.73. The average molecular weight is 329 g/mol. The summed E-state index contributed by atoms with van der Waals surface area (Å²) in [7, 11) is 0. The highest BCUT2D eigenvalue weighted by Gasteiger charge is 2.45. The van der Waals surface area contributed by atoms with Crippen molar-refractivity contribution in [2.75, 3.05) is 19.7 Å². The van der Waals surface area contributed by atoms with Gasteiger partial charge < -0.3 is 20.3 Å². The SMILES string of the molecule is O=C1NCCN1Cc1ccc(CNC2CCOC23CCCC3)cc1. The number of nitrogens with one attached hydrogen (secondary N) is 2. The van der Waals surface area contributed by atoms with Gasteiger partial charge in [0.25, 0.3) is 0 Å². The third-order valence-electron chi connectivity index (χ3n) is 5.78. The lowest BCUT2D eigenvalue weighted by Crippen LogP contribution is -2.45. The minimum atomic E-state index is 0.0452. The van der Waals surface area contributed by atoms with Crippen molar-refractivity contribution in [3.8, 4) is 0 Å². The molecule has 130 valence electrons. The minimum absolute atomic E-state index is 0.0452. The molecule has 3 fully saturated rings. The Labute approximate surface area is 143 Å². The summed E-state index contributed by atoms with van der Waals surface area (Å²) in [5, 5.41) is 6.57. The second-order valence-electron chi connectivity index (χ2n) is 7.31. The maximum Gasteiger partial charge on any atom is 0.317 e. The van der Waals surface area contributed by atoms with E-state index in [-0.39, 0.29) is 11.6 Å². The monoisotopic (exact) mass is 329 g/mol. The molecule has 4 rings (SSSR count). The molecule has 1 saturated carbocycles. The molecule has 1 aromatic rings. The van der Waals surface area contributed by atoms with Crippen molar-refractivity contribution < 1.29 is 9.53 Å². The Balaban J connectivity index is 1.31. The molecule has 2 aliphatic heterocycles. The standard InChI is InChI=1S/C19H27N3O2/c23-18-20-10-11-22(18)14-16-5-3-15(4-6-16)13-21-17-7-12-24-19(17)8-1-2-9-19/h3-6,17,21H,1-2,7-14H2,(H,20,23). The van der Waals surface area contributed by atoms with E-state index in [0.717, 1.165) is 32.7 Å². The molecule has 5 nitrogen and oxygen atoms in total. The topological polar surface area (TPSA) is 53.6 Å². The fraction of sp³-hybridized carbons (Fsp3) is 0.632. The van der Waals surface area contributed by atoms with E-state index >= 15 is 0 Å². The Morgan fingerprint density at radius 1 is 1.21 bits per heavy atom. The molecule has 24 heavy (non-hydrogen) atoms. The van der Waals surface area contributed by atoms with Crippen LogP contribution < -0.4 is 10.6 Å². The summed E-state index contributed by atoms with van der Waals surface area (Å²) in [5.41, 5.74) is 2.60. The number of rotatable bonds is 5. The number of carbonyl (C=O) groups excluding carboxylic acids is 1. The van der Waals surface area contributed by atoms with Crippen LogP contribution in [-0.4, -0.2) is 42.3 Å². The van der Waals surface area contributed by atoms with Crippen LogP contribution in [0.25, 0.3) is 0 Å². The Morgan fingerprint density at radius 2 is 1.96 bits per heavy atom. The molecule has 2 saturated heterocycles. The van der Waals surface area contributed by atoms with Crippen LogP contribution >= 0.6 is 0 Å². The summed E-state index contributed by atoms with van der Waals surface area (Å²) in [6.45, 7) is 4.03. The molecule has 0 bridgehead atoms. The van der Waals surface area contributed by atoms with Crippen LogP contribution in [0.2, 0.25) is 0 Å². The number of nitrogens with zero attached hydrogens (tertiary/aromatic N) is 1. The van der Waals surface area contributed by atoms with Crippen LogP contribution in [0.15, 0.2) is 24.3 Å². The van der Waals surface area contributed by atoms with E-state index in [1.165, 1.54) is 36.8 Å². The summed E-state index contributed by atoms with van der Waals surface area (Å²) >= 11 is 0. The van der Waals surface area contributed by atoms with Gasteiger partial charge >= 0.3 is 6.03 Å². The summed E-state index contributed by atoms with van der Waals surface area (Å²) in [6.07, 6.45) is 6.15. The maximum atomic E-state index is 11.6. The Bertz CT molecular complexity index is 575. The largest absolute Gasteiger partial charge is 0.373 e. The minimum Gasteiger partial charge on any atom is -0.373 e. The van der Waals surface area contributed by atoms with Crippen LogP contribution in [0.3, 0.4) is 0 Å². The highest BCUT2D eigenvalue weighted by atomic mass is 16.5. The zero-order chi connectivity index (χ0) is 16.4. The van der Waals surface area contributed by atoms with Gasteiger partial charge in [0.15, 0.2) is 0 Å². The number of ether oxygens (including phenoxy) is 1. The number of carbonyl (C=O) groups is 1. The Hall–Kier alpha value is -1.59. The number of amides is 2. The summed E-state index contributed by atoms with van der Waals surface area (Å²) in [5.74, 6) is 0. The van der Waals surface area contributed by atoms with Crippen LogP contribution in [0.5, 0.6) is 0 Å². The molecular formula is C19H27N3O2. The van der Waals surface area contributed by atoms with Gasteiger partial charge in [-0.3, -0.25) is 0 Å². The lowest BCUT2D eigenvalue weighted by atomic mass is 9.92. The fourth-order valence-corrected chi connectivity index (χ4v) is 4.38. The molecule has 1 aromatic carbocycles. The smallest absolute Gasteiger partial charge is 0.317 e. The zero-order valence-corrected chi connectivity index (χ0v) is 14.2. The van der Waals surface area contributed by atoms with Crippen molar-refractivity contribution >= 4 is 6.03 Å². The number of urea groups is 1. The first-order valence-corrected chi connectivity index (χ1v) is 9.23. The highest BCUT2D eigenvalue weighted by Crippen LogP contribution is 2.41. The first-order valence-electron chi connectivity index (χ1n) is 9.23. The van der Waals surface area contributed by atoms with E-state index in [1.807, 2.05) is 4.90 Å². The third kappa shape index (κ3) is 3.15. The van der Waals surface area contributed by atoms with Crippen LogP contribution in [0.4, 0.5) is 4.79 Å². The van der Waals surface area contributed by atoms with Crippen molar-refractivity contribution in [2.45, 2.75) is 56.8 Å². The van der Waals surface area contributed by atoms with Gasteiger partial charge in [-0.1, -0.05) is 37.1 Å². The van der Waals surface area contributed by atoms with Gasteiger partial charge in [-0.05, 0) is 30.4 Å². The number of hydrogen-bond acceptors (Lipinski definition) is 3. The molecule has 3 aliphatic rings. The Morgan fingerprint density at radius 3 is 2.67 bits per heavy atom. The molecule has 2 amide bonds. The van der Waals surface area contributed by atoms with Gasteiger partial charge in [-0.25, -0.2) is 4.79 Å². The van der Waals surface area contributed by atoms with E-state index in [1.54, 1.807) is 0 Å². The molecular weight excluding hydrogens is 302 g/mol. The van der Waals surface area contributed by atoms with Crippen LogP contribution in [0.1, 0.15) is 43.2 Å². The van der Waals surface area contributed by atoms with Gasteiger partial charge in [0, 0.05) is 38.8 Å². The first kappa shape index (κ1) is 15.9. The van der Waals surface area contributed by atoms with Gasteiger partial charge in [-0.15, -0.1) is 0 Å². The summed E-state index contributed by atoms with van der Waals surface area (Å²) in [6, 6.07) is 9.16. The molecule has 5 heteroatoms. The van der Waals surface area contributed by atoms with Crippen molar-refractivity contribution in [1.29, 1.82) is 0 Å². The van der Waals surface area contributed by atoms with Gasteiger partial charge in [0.05, 0.1) is 5.60 Å². The highest BCUT2D eigenvalue weighted by molar-refractivity contribution is 5.76. The lowest BCUT2D eigenvalue weighted by molar-refractivity contribution is -0.00484. The maximum absolute atomic E-state index is 11.6. The van der Waals surface area contributed by atoms with Gasteiger partial charge in [-0.2, -0.15) is 0 Å². The average Bonchev–Trinajstić information content (AvgIpc) is 3.32. The molecule has 0 aromatic heterocycles. The van der Waals surface area contributed by atoms with Crippen molar-refractivity contribution in [3.63, 3.8) is 0 Å². The van der Waals surface area contributed by atoms with Crippen molar-refractivity contribution in [3.05, 3.63) is 35.4 Å². The first-order chi connectivity index (χ1) is 11.8. The van der Waals surface area contributed by atoms with Gasteiger partial charge in [0.1, 0.15) is 0 Å². The summed E-state index contributed by atoms with van der Waals surface area (Å²) < 4.78 is 6.10.